The van der Waals surface area contributed by atoms with Gasteiger partial charge in [0.1, 0.15) is 5.75 Å². The summed E-state index contributed by atoms with van der Waals surface area (Å²) in [4.78, 5) is 0. The van der Waals surface area contributed by atoms with E-state index in [1.165, 1.54) is 5.56 Å². The van der Waals surface area contributed by atoms with Gasteiger partial charge >= 0.3 is 0 Å². The number of ether oxygens (including phenoxy) is 1. The molecule has 0 N–H and O–H groups in total. The van der Waals surface area contributed by atoms with Gasteiger partial charge in [-0.15, -0.1) is 11.6 Å². The van der Waals surface area contributed by atoms with Crippen molar-refractivity contribution in [3.05, 3.63) is 29.3 Å². The summed E-state index contributed by atoms with van der Waals surface area (Å²) < 4.78 is 5.68. The number of hydrogen-bond donors (Lipinski definition) is 0. The Morgan fingerprint density at radius 1 is 1.40 bits per heavy atom. The smallest absolute Gasteiger partial charge is 0.123 e. The second kappa shape index (κ2) is 7.02. The van der Waals surface area contributed by atoms with Crippen molar-refractivity contribution < 1.29 is 4.74 Å². The van der Waals surface area contributed by atoms with Crippen LogP contribution in [0.5, 0.6) is 5.75 Å². The molecule has 0 spiro atoms. The van der Waals surface area contributed by atoms with Crippen molar-refractivity contribution in [2.24, 2.45) is 0 Å². The van der Waals surface area contributed by atoms with E-state index in [0.29, 0.717) is 5.88 Å². The van der Waals surface area contributed by atoms with Crippen molar-refractivity contribution in [3.8, 4) is 5.75 Å². The summed E-state index contributed by atoms with van der Waals surface area (Å²) in [7, 11) is 0. The fourth-order valence-electron chi connectivity index (χ4n) is 1.31. The first kappa shape index (κ1) is 12.7. The topological polar surface area (TPSA) is 9.23 Å². The van der Waals surface area contributed by atoms with E-state index < -0.39 is 0 Å². The number of halogens is 1. The van der Waals surface area contributed by atoms with E-state index in [1.54, 1.807) is 0 Å². The molecule has 0 aliphatic rings. The Labute approximate surface area is 101 Å². The van der Waals surface area contributed by atoms with Crippen LogP contribution in [0.2, 0.25) is 0 Å². The van der Waals surface area contributed by atoms with Crippen LogP contribution in [0.4, 0.5) is 0 Å². The van der Waals surface area contributed by atoms with Gasteiger partial charge in [0.25, 0.3) is 0 Å². The lowest BCUT2D eigenvalue weighted by Crippen LogP contribution is -2.02. The van der Waals surface area contributed by atoms with Crippen molar-refractivity contribution >= 4 is 23.4 Å². The summed E-state index contributed by atoms with van der Waals surface area (Å²) in [6.45, 7) is 4.97. The lowest BCUT2D eigenvalue weighted by atomic mass is 10.1. The highest BCUT2D eigenvalue weighted by atomic mass is 35.5. The Morgan fingerprint density at radius 3 is 2.87 bits per heavy atom. The lowest BCUT2D eigenvalue weighted by molar-refractivity contribution is 0.341. The maximum absolute atomic E-state index is 5.86. The van der Waals surface area contributed by atoms with Crippen LogP contribution in [-0.2, 0) is 5.88 Å². The monoisotopic (exact) mass is 244 g/mol. The largest absolute Gasteiger partial charge is 0.492 e. The van der Waals surface area contributed by atoms with Crippen molar-refractivity contribution in [1.82, 2.24) is 0 Å². The number of hydrogen-bond acceptors (Lipinski definition) is 2. The van der Waals surface area contributed by atoms with Gasteiger partial charge in [0.05, 0.1) is 12.5 Å². The van der Waals surface area contributed by atoms with Crippen LogP contribution in [0.3, 0.4) is 0 Å². The minimum Gasteiger partial charge on any atom is -0.492 e. The summed E-state index contributed by atoms with van der Waals surface area (Å²) in [5.74, 6) is 3.61. The molecule has 0 radical (unpaired) electrons. The zero-order valence-electron chi connectivity index (χ0n) is 9.25. The third kappa shape index (κ3) is 4.35. The molecule has 0 atom stereocenters. The van der Waals surface area contributed by atoms with Crippen molar-refractivity contribution in [1.29, 1.82) is 0 Å². The molecule has 0 aromatic heterocycles. The highest BCUT2D eigenvalue weighted by Gasteiger charge is 2.02. The third-order valence-corrected chi connectivity index (χ3v) is 3.20. The Hall–Kier alpha value is -0.340. The minimum absolute atomic E-state index is 0.512. The van der Waals surface area contributed by atoms with Gasteiger partial charge in [-0.05, 0) is 18.7 Å². The predicted molar refractivity (Wildman–Crippen MR) is 69.2 cm³/mol. The van der Waals surface area contributed by atoms with Crippen molar-refractivity contribution in [2.75, 3.05) is 18.1 Å². The van der Waals surface area contributed by atoms with Crippen LogP contribution in [0.25, 0.3) is 0 Å². The molecule has 3 heteroatoms. The number of thioether (sulfide) groups is 1. The zero-order valence-corrected chi connectivity index (χ0v) is 10.8. The molecule has 0 heterocycles. The van der Waals surface area contributed by atoms with Crippen molar-refractivity contribution in [3.63, 3.8) is 0 Å². The molecule has 1 nitrogen and oxygen atoms in total. The number of aryl methyl sites for hydroxylation is 1. The summed E-state index contributed by atoms with van der Waals surface area (Å²) in [6.07, 6.45) is 0. The fraction of sp³-hybridized carbons (Fsp3) is 0.500. The van der Waals surface area contributed by atoms with Gasteiger partial charge in [-0.3, -0.25) is 0 Å². The molecule has 0 unspecified atom stereocenters. The average molecular weight is 245 g/mol. The summed E-state index contributed by atoms with van der Waals surface area (Å²) in [5, 5.41) is 0. The van der Waals surface area contributed by atoms with Crippen LogP contribution in [-0.4, -0.2) is 18.1 Å². The molecule has 0 aliphatic carbocycles. The van der Waals surface area contributed by atoms with Crippen LogP contribution >= 0.6 is 23.4 Å². The summed E-state index contributed by atoms with van der Waals surface area (Å²) in [5.41, 5.74) is 2.30. The Balaban J connectivity index is 2.52. The fourth-order valence-corrected chi connectivity index (χ4v) is 2.01. The maximum atomic E-state index is 5.86. The van der Waals surface area contributed by atoms with E-state index in [0.717, 1.165) is 29.4 Å². The number of benzene rings is 1. The van der Waals surface area contributed by atoms with Gasteiger partial charge < -0.3 is 4.74 Å². The standard InChI is InChI=1S/C12H17ClOS/c1-3-15-7-6-14-12-5-4-10(2)8-11(12)9-13/h4-5,8H,3,6-7,9H2,1-2H3. The first-order valence-corrected chi connectivity index (χ1v) is 6.83. The molecule has 0 aliphatic heterocycles. The molecule has 0 saturated carbocycles. The lowest BCUT2D eigenvalue weighted by Gasteiger charge is -2.10. The Morgan fingerprint density at radius 2 is 2.20 bits per heavy atom. The normalized spacial score (nSPS) is 10.3. The molecule has 15 heavy (non-hydrogen) atoms. The maximum Gasteiger partial charge on any atom is 0.123 e. The van der Waals surface area contributed by atoms with Gasteiger partial charge in [0, 0.05) is 11.3 Å². The minimum atomic E-state index is 0.512. The van der Waals surface area contributed by atoms with Crippen LogP contribution < -0.4 is 4.74 Å². The van der Waals surface area contributed by atoms with E-state index in [4.69, 9.17) is 16.3 Å². The number of rotatable bonds is 6. The van der Waals surface area contributed by atoms with Gasteiger partial charge in [-0.1, -0.05) is 24.6 Å². The van der Waals surface area contributed by atoms with E-state index >= 15 is 0 Å². The van der Waals surface area contributed by atoms with Crippen LogP contribution in [0.15, 0.2) is 18.2 Å². The van der Waals surface area contributed by atoms with E-state index in [1.807, 2.05) is 17.8 Å². The van der Waals surface area contributed by atoms with Crippen molar-refractivity contribution in [2.45, 2.75) is 19.7 Å². The highest BCUT2D eigenvalue weighted by Crippen LogP contribution is 2.21. The molecule has 0 bridgehead atoms. The number of alkyl halides is 1. The highest BCUT2D eigenvalue weighted by molar-refractivity contribution is 7.99. The molecule has 1 aromatic rings. The van der Waals surface area contributed by atoms with Crippen LogP contribution in [0.1, 0.15) is 18.1 Å². The van der Waals surface area contributed by atoms with Gasteiger partial charge in [0.2, 0.25) is 0 Å². The Bertz CT molecular complexity index is 302. The summed E-state index contributed by atoms with van der Waals surface area (Å²) >= 11 is 7.74. The van der Waals surface area contributed by atoms with E-state index in [9.17, 15) is 0 Å². The molecule has 0 saturated heterocycles. The quantitative estimate of drug-likeness (QED) is 0.555. The first-order chi connectivity index (χ1) is 7.27. The SMILES string of the molecule is CCSCCOc1ccc(C)cc1CCl. The zero-order chi connectivity index (χ0) is 11.1. The van der Waals surface area contributed by atoms with Gasteiger partial charge in [-0.2, -0.15) is 11.8 Å². The second-order valence-electron chi connectivity index (χ2n) is 3.29. The first-order valence-electron chi connectivity index (χ1n) is 5.14. The summed E-state index contributed by atoms with van der Waals surface area (Å²) in [6, 6.07) is 6.14. The average Bonchev–Trinajstić information content (AvgIpc) is 2.26. The van der Waals surface area contributed by atoms with E-state index in [-0.39, 0.29) is 0 Å². The van der Waals surface area contributed by atoms with E-state index in [2.05, 4.69) is 26.0 Å². The third-order valence-electron chi connectivity index (χ3n) is 2.05. The molecular weight excluding hydrogens is 228 g/mol. The van der Waals surface area contributed by atoms with Gasteiger partial charge in [-0.25, -0.2) is 0 Å². The predicted octanol–water partition coefficient (Wildman–Crippen LogP) is 3.87. The molecule has 1 aromatic carbocycles. The Kier molecular flexibility index (Phi) is 5.96. The molecular formula is C12H17ClOS. The van der Waals surface area contributed by atoms with Crippen LogP contribution in [0, 0.1) is 6.92 Å². The molecule has 0 amide bonds. The van der Waals surface area contributed by atoms with Gasteiger partial charge in [0.15, 0.2) is 0 Å². The molecule has 1 rings (SSSR count). The molecule has 0 fully saturated rings. The second-order valence-corrected chi connectivity index (χ2v) is 4.95. The molecule has 84 valence electrons.